The van der Waals surface area contributed by atoms with Gasteiger partial charge in [0.15, 0.2) is 6.29 Å². The SMILES string of the molecule is CCC(C)N=C1C=C(c2ccccc2F)NC(C=O)(SC)N1. The van der Waals surface area contributed by atoms with Crippen LogP contribution in [0, 0.1) is 5.82 Å². The van der Waals surface area contributed by atoms with Gasteiger partial charge in [-0.25, -0.2) is 4.39 Å². The Kier molecular flexibility index (Phi) is 5.24. The zero-order chi connectivity index (χ0) is 16.2. The fourth-order valence-electron chi connectivity index (χ4n) is 2.06. The van der Waals surface area contributed by atoms with Crippen LogP contribution in [0.1, 0.15) is 25.8 Å². The van der Waals surface area contributed by atoms with Gasteiger partial charge >= 0.3 is 0 Å². The lowest BCUT2D eigenvalue weighted by Gasteiger charge is -2.35. The molecule has 0 aliphatic carbocycles. The minimum atomic E-state index is -1.04. The summed E-state index contributed by atoms with van der Waals surface area (Å²) in [5.74, 6) is 0.236. The van der Waals surface area contributed by atoms with Gasteiger partial charge in [0.2, 0.25) is 4.99 Å². The van der Waals surface area contributed by atoms with E-state index >= 15 is 0 Å². The van der Waals surface area contributed by atoms with Gasteiger partial charge < -0.3 is 10.6 Å². The first-order valence-corrected chi connectivity index (χ1v) is 8.38. The van der Waals surface area contributed by atoms with Gasteiger partial charge in [0, 0.05) is 17.7 Å². The van der Waals surface area contributed by atoms with Crippen molar-refractivity contribution in [1.82, 2.24) is 10.6 Å². The molecule has 0 radical (unpaired) electrons. The summed E-state index contributed by atoms with van der Waals surface area (Å²) in [4.78, 5) is 15.1. The summed E-state index contributed by atoms with van der Waals surface area (Å²) >= 11 is 1.30. The maximum Gasteiger partial charge on any atom is 0.215 e. The monoisotopic (exact) mass is 321 g/mol. The summed E-state index contributed by atoms with van der Waals surface area (Å²) in [5.41, 5.74) is 0.960. The van der Waals surface area contributed by atoms with Gasteiger partial charge in [0.1, 0.15) is 11.7 Å². The van der Waals surface area contributed by atoms with Gasteiger partial charge in [-0.2, -0.15) is 0 Å². The summed E-state index contributed by atoms with van der Waals surface area (Å²) in [6.45, 7) is 4.04. The highest BCUT2D eigenvalue weighted by Gasteiger charge is 2.34. The summed E-state index contributed by atoms with van der Waals surface area (Å²) < 4.78 is 14.1. The second-order valence-electron chi connectivity index (χ2n) is 5.12. The summed E-state index contributed by atoms with van der Waals surface area (Å²) in [5, 5.41) is 6.15. The second kappa shape index (κ2) is 6.96. The van der Waals surface area contributed by atoms with E-state index in [1.54, 1.807) is 30.5 Å². The van der Waals surface area contributed by atoms with Crippen LogP contribution in [-0.4, -0.2) is 29.4 Å². The van der Waals surface area contributed by atoms with Crippen LogP contribution in [-0.2, 0) is 4.79 Å². The summed E-state index contributed by atoms with van der Waals surface area (Å²) in [6, 6.07) is 6.58. The maximum atomic E-state index is 14.1. The van der Waals surface area contributed by atoms with E-state index in [0.29, 0.717) is 17.1 Å². The lowest BCUT2D eigenvalue weighted by atomic mass is 10.1. The van der Waals surface area contributed by atoms with Crippen molar-refractivity contribution in [3.63, 3.8) is 0 Å². The van der Waals surface area contributed by atoms with Gasteiger partial charge in [0.25, 0.3) is 0 Å². The molecule has 2 N–H and O–H groups in total. The third-order valence-electron chi connectivity index (χ3n) is 3.52. The van der Waals surface area contributed by atoms with Crippen molar-refractivity contribution in [1.29, 1.82) is 0 Å². The standard InChI is InChI=1S/C16H20FN3OS/c1-4-11(2)18-15-9-14(12-7-5-6-8-13(12)17)19-16(10-21,20-15)22-3/h5-11,19H,4H2,1-3H3,(H,18,20). The number of halogens is 1. The first kappa shape index (κ1) is 16.5. The van der Waals surface area contributed by atoms with E-state index in [-0.39, 0.29) is 11.9 Å². The van der Waals surface area contributed by atoms with Crippen LogP contribution in [0.4, 0.5) is 4.39 Å². The van der Waals surface area contributed by atoms with E-state index in [2.05, 4.69) is 15.6 Å². The lowest BCUT2D eigenvalue weighted by Crippen LogP contribution is -2.59. The molecule has 2 atom stereocenters. The zero-order valence-electron chi connectivity index (χ0n) is 12.9. The van der Waals surface area contributed by atoms with Crippen molar-refractivity contribution in [2.45, 2.75) is 31.3 Å². The van der Waals surface area contributed by atoms with Gasteiger partial charge in [0.05, 0.1) is 5.70 Å². The highest BCUT2D eigenvalue weighted by Crippen LogP contribution is 2.25. The molecule has 1 heterocycles. The molecule has 1 aromatic carbocycles. The molecule has 1 aliphatic heterocycles. The molecule has 2 rings (SSSR count). The van der Waals surface area contributed by atoms with Crippen LogP contribution < -0.4 is 10.6 Å². The Bertz CT molecular complexity index is 617. The largest absolute Gasteiger partial charge is 0.348 e. The number of thioether (sulfide) groups is 1. The number of aliphatic imine (C=N–C) groups is 1. The number of aldehydes is 1. The molecule has 0 bridgehead atoms. The Hall–Kier alpha value is -1.82. The molecular formula is C16H20FN3OS. The topological polar surface area (TPSA) is 53.5 Å². The number of amidine groups is 1. The first-order chi connectivity index (χ1) is 10.5. The molecule has 4 nitrogen and oxygen atoms in total. The normalized spacial score (nSPS) is 24.2. The molecule has 2 unspecified atom stereocenters. The van der Waals surface area contributed by atoms with Crippen LogP contribution in [0.15, 0.2) is 35.3 Å². The Labute approximate surface area is 134 Å². The lowest BCUT2D eigenvalue weighted by molar-refractivity contribution is -0.110. The molecule has 22 heavy (non-hydrogen) atoms. The molecule has 0 saturated carbocycles. The average molecular weight is 321 g/mol. The molecule has 0 aromatic heterocycles. The minimum absolute atomic E-state index is 0.116. The van der Waals surface area contributed by atoms with Crippen molar-refractivity contribution < 1.29 is 9.18 Å². The third-order valence-corrected chi connectivity index (χ3v) is 4.46. The number of rotatable bonds is 5. The van der Waals surface area contributed by atoms with Crippen molar-refractivity contribution in [2.75, 3.05) is 6.26 Å². The van der Waals surface area contributed by atoms with Gasteiger partial charge in [-0.1, -0.05) is 19.1 Å². The van der Waals surface area contributed by atoms with Gasteiger partial charge in [-0.05, 0) is 31.7 Å². The number of benzene rings is 1. The van der Waals surface area contributed by atoms with Gasteiger partial charge in [-0.15, -0.1) is 11.8 Å². The Morgan fingerprint density at radius 1 is 1.41 bits per heavy atom. The molecule has 6 heteroatoms. The zero-order valence-corrected chi connectivity index (χ0v) is 13.7. The number of carbonyl (C=O) groups is 1. The Balaban J connectivity index is 2.48. The molecule has 0 spiro atoms. The predicted octanol–water partition coefficient (Wildman–Crippen LogP) is 2.77. The van der Waals surface area contributed by atoms with Gasteiger partial charge in [-0.3, -0.25) is 9.79 Å². The number of hydrogen-bond acceptors (Lipinski definition) is 4. The maximum absolute atomic E-state index is 14.1. The van der Waals surface area contributed by atoms with Crippen LogP contribution in [0.2, 0.25) is 0 Å². The molecular weight excluding hydrogens is 301 g/mol. The molecule has 1 aromatic rings. The second-order valence-corrected chi connectivity index (χ2v) is 6.17. The van der Waals surface area contributed by atoms with Crippen LogP contribution in [0.3, 0.4) is 0 Å². The molecule has 0 saturated heterocycles. The van der Waals surface area contributed by atoms with Crippen molar-refractivity contribution >= 4 is 29.6 Å². The molecule has 0 fully saturated rings. The van der Waals surface area contributed by atoms with E-state index in [9.17, 15) is 9.18 Å². The van der Waals surface area contributed by atoms with Crippen LogP contribution in [0.5, 0.6) is 0 Å². The predicted molar refractivity (Wildman–Crippen MR) is 90.1 cm³/mol. The minimum Gasteiger partial charge on any atom is -0.348 e. The van der Waals surface area contributed by atoms with Crippen molar-refractivity contribution in [3.8, 4) is 0 Å². The van der Waals surface area contributed by atoms with Crippen LogP contribution >= 0.6 is 11.8 Å². The molecule has 0 amide bonds. The highest BCUT2D eigenvalue weighted by molar-refractivity contribution is 8.00. The smallest absolute Gasteiger partial charge is 0.215 e. The van der Waals surface area contributed by atoms with E-state index in [1.165, 1.54) is 17.8 Å². The molecule has 1 aliphatic rings. The van der Waals surface area contributed by atoms with Crippen LogP contribution in [0.25, 0.3) is 5.70 Å². The number of nitrogens with zero attached hydrogens (tertiary/aromatic N) is 1. The van der Waals surface area contributed by atoms with E-state index in [0.717, 1.165) is 12.7 Å². The van der Waals surface area contributed by atoms with E-state index < -0.39 is 4.99 Å². The quantitative estimate of drug-likeness (QED) is 0.819. The average Bonchev–Trinajstić information content (AvgIpc) is 2.54. The summed E-state index contributed by atoms with van der Waals surface area (Å²) in [6.07, 6.45) is 5.20. The fourth-order valence-corrected chi connectivity index (χ4v) is 2.58. The van der Waals surface area contributed by atoms with Crippen molar-refractivity contribution in [3.05, 3.63) is 41.7 Å². The third kappa shape index (κ3) is 3.50. The fraction of sp³-hybridized carbons (Fsp3) is 0.375. The molecule has 118 valence electrons. The van der Waals surface area contributed by atoms with Crippen molar-refractivity contribution in [2.24, 2.45) is 4.99 Å². The highest BCUT2D eigenvalue weighted by atomic mass is 32.2. The summed E-state index contributed by atoms with van der Waals surface area (Å²) in [7, 11) is 0. The Morgan fingerprint density at radius 3 is 2.73 bits per heavy atom. The van der Waals surface area contributed by atoms with E-state index in [1.807, 2.05) is 13.8 Å². The number of nitrogens with one attached hydrogen (secondary N) is 2. The number of carbonyl (C=O) groups excluding carboxylic acids is 1. The first-order valence-electron chi connectivity index (χ1n) is 7.15. The van der Waals surface area contributed by atoms with E-state index in [4.69, 9.17) is 0 Å². The number of hydrogen-bond donors (Lipinski definition) is 2. The Morgan fingerprint density at radius 2 is 2.14 bits per heavy atom.